The first kappa shape index (κ1) is 22.4. The van der Waals surface area contributed by atoms with Crippen molar-refractivity contribution in [3.8, 4) is 17.2 Å². The summed E-state index contributed by atoms with van der Waals surface area (Å²) in [4.78, 5) is 4.53. The summed E-state index contributed by atoms with van der Waals surface area (Å²) < 4.78 is 41.6. The summed E-state index contributed by atoms with van der Waals surface area (Å²) in [7, 11) is -3.97. The van der Waals surface area contributed by atoms with Gasteiger partial charge in [-0.15, -0.1) is 0 Å². The van der Waals surface area contributed by atoms with Crippen molar-refractivity contribution >= 4 is 22.0 Å². The first-order chi connectivity index (χ1) is 14.9. The van der Waals surface area contributed by atoms with E-state index in [1.54, 1.807) is 36.5 Å². The Labute approximate surface area is 183 Å². The molecule has 3 aromatic carbocycles. The van der Waals surface area contributed by atoms with Crippen LogP contribution in [0.25, 0.3) is 0 Å². The molecule has 0 saturated carbocycles. The van der Waals surface area contributed by atoms with E-state index in [1.807, 2.05) is 45.0 Å². The summed E-state index contributed by atoms with van der Waals surface area (Å²) in [5.74, 6) is 1.24. The first-order valence-corrected chi connectivity index (χ1v) is 11.4. The van der Waals surface area contributed by atoms with Gasteiger partial charge in [-0.2, -0.15) is 8.42 Å². The zero-order valence-corrected chi connectivity index (χ0v) is 18.6. The Bertz CT molecular complexity index is 1140. The Balaban J connectivity index is 1.81. The fraction of sp³-hybridized carbons (Fsp3) is 0.208. The number of hydrogen-bond donors (Lipinski definition) is 0. The maximum Gasteiger partial charge on any atom is 0.339 e. The quantitative estimate of drug-likeness (QED) is 0.334. The van der Waals surface area contributed by atoms with E-state index >= 15 is 0 Å². The summed E-state index contributed by atoms with van der Waals surface area (Å²) in [6.07, 6.45) is 1.68. The number of aliphatic imine (C=N–C) groups is 1. The highest BCUT2D eigenvalue weighted by molar-refractivity contribution is 7.87. The lowest BCUT2D eigenvalue weighted by Gasteiger charge is -2.12. The van der Waals surface area contributed by atoms with Crippen LogP contribution in [0.3, 0.4) is 0 Å². The summed E-state index contributed by atoms with van der Waals surface area (Å²) in [6.45, 7) is 6.61. The number of nitrogens with zero attached hydrogens (tertiary/aromatic N) is 1. The van der Waals surface area contributed by atoms with E-state index in [0.717, 1.165) is 22.6 Å². The fourth-order valence-corrected chi connectivity index (χ4v) is 3.70. The van der Waals surface area contributed by atoms with Crippen LogP contribution < -0.4 is 13.7 Å². The van der Waals surface area contributed by atoms with E-state index in [1.165, 1.54) is 12.1 Å². The minimum absolute atomic E-state index is 0.0849. The molecular formula is C24H25NO5S. The Hall–Kier alpha value is -3.32. The van der Waals surface area contributed by atoms with Gasteiger partial charge in [-0.1, -0.05) is 17.7 Å². The number of benzene rings is 3. The Kier molecular flexibility index (Phi) is 7.31. The van der Waals surface area contributed by atoms with Crippen LogP contribution in [0.4, 0.5) is 5.69 Å². The monoisotopic (exact) mass is 439 g/mol. The maximum absolute atomic E-state index is 12.6. The van der Waals surface area contributed by atoms with Crippen LogP contribution in [0, 0.1) is 6.92 Å². The lowest BCUT2D eigenvalue weighted by atomic mass is 10.2. The summed E-state index contributed by atoms with van der Waals surface area (Å²) in [5, 5.41) is 0. The van der Waals surface area contributed by atoms with Crippen LogP contribution in [-0.4, -0.2) is 27.8 Å². The largest absolute Gasteiger partial charge is 0.494 e. The van der Waals surface area contributed by atoms with E-state index in [-0.39, 0.29) is 10.6 Å². The normalized spacial score (nSPS) is 11.5. The van der Waals surface area contributed by atoms with Gasteiger partial charge in [-0.25, -0.2) is 0 Å². The van der Waals surface area contributed by atoms with Gasteiger partial charge in [0.05, 0.1) is 18.9 Å². The highest BCUT2D eigenvalue weighted by Gasteiger charge is 2.19. The summed E-state index contributed by atoms with van der Waals surface area (Å²) in [6, 6.07) is 18.9. The van der Waals surface area contributed by atoms with Crippen molar-refractivity contribution in [3.05, 3.63) is 77.9 Å². The molecule has 0 fully saturated rings. The van der Waals surface area contributed by atoms with Crippen molar-refractivity contribution < 1.29 is 22.1 Å². The standard InChI is InChI=1S/C24H25NO5S/c1-4-28-21-11-9-20(10-12-21)25-17-19-8-15-23(24(16-19)29-5-2)30-31(26,27)22-13-6-18(3)7-14-22/h6-17H,4-5H2,1-3H3. The van der Waals surface area contributed by atoms with Crippen LogP contribution in [0.5, 0.6) is 17.2 Å². The predicted octanol–water partition coefficient (Wildman–Crippen LogP) is 5.31. The summed E-state index contributed by atoms with van der Waals surface area (Å²) >= 11 is 0. The van der Waals surface area contributed by atoms with Gasteiger partial charge >= 0.3 is 10.1 Å². The molecular weight excluding hydrogens is 414 g/mol. The van der Waals surface area contributed by atoms with Gasteiger partial charge in [0.25, 0.3) is 0 Å². The molecule has 0 N–H and O–H groups in total. The Morgan fingerprint density at radius 3 is 2.16 bits per heavy atom. The van der Waals surface area contributed by atoms with Gasteiger partial charge in [0.15, 0.2) is 11.5 Å². The molecule has 6 nitrogen and oxygen atoms in total. The van der Waals surface area contributed by atoms with E-state index < -0.39 is 10.1 Å². The SMILES string of the molecule is CCOc1ccc(N=Cc2ccc(OS(=O)(=O)c3ccc(C)cc3)c(OCC)c2)cc1. The minimum atomic E-state index is -3.97. The van der Waals surface area contributed by atoms with Crippen molar-refractivity contribution in [3.63, 3.8) is 0 Å². The van der Waals surface area contributed by atoms with Crippen LogP contribution in [-0.2, 0) is 10.1 Å². The van der Waals surface area contributed by atoms with Crippen molar-refractivity contribution in [2.45, 2.75) is 25.7 Å². The molecule has 0 heterocycles. The minimum Gasteiger partial charge on any atom is -0.494 e. The first-order valence-electron chi connectivity index (χ1n) is 9.96. The average molecular weight is 440 g/mol. The van der Waals surface area contributed by atoms with E-state index in [9.17, 15) is 8.42 Å². The molecule has 0 amide bonds. The van der Waals surface area contributed by atoms with Gasteiger partial charge < -0.3 is 13.7 Å². The van der Waals surface area contributed by atoms with Gasteiger partial charge in [0.2, 0.25) is 0 Å². The molecule has 0 aromatic heterocycles. The molecule has 162 valence electrons. The molecule has 0 aliphatic heterocycles. The van der Waals surface area contributed by atoms with E-state index in [4.69, 9.17) is 13.7 Å². The molecule has 0 unspecified atom stereocenters. The second-order valence-corrected chi connectivity index (χ2v) is 8.22. The number of hydrogen-bond acceptors (Lipinski definition) is 6. The zero-order valence-electron chi connectivity index (χ0n) is 17.7. The molecule has 3 aromatic rings. The maximum atomic E-state index is 12.6. The molecule has 0 atom stereocenters. The number of rotatable bonds is 9. The molecule has 3 rings (SSSR count). The number of ether oxygens (including phenoxy) is 2. The van der Waals surface area contributed by atoms with Crippen LogP contribution in [0.1, 0.15) is 25.0 Å². The topological polar surface area (TPSA) is 74.2 Å². The molecule has 31 heavy (non-hydrogen) atoms. The highest BCUT2D eigenvalue weighted by atomic mass is 32.2. The molecule has 0 aliphatic carbocycles. The Morgan fingerprint density at radius 2 is 1.52 bits per heavy atom. The van der Waals surface area contributed by atoms with Crippen molar-refractivity contribution in [1.82, 2.24) is 0 Å². The third-order valence-electron chi connectivity index (χ3n) is 4.29. The van der Waals surface area contributed by atoms with Gasteiger partial charge in [-0.3, -0.25) is 4.99 Å². The lowest BCUT2D eigenvalue weighted by Crippen LogP contribution is -2.11. The average Bonchev–Trinajstić information content (AvgIpc) is 2.75. The van der Waals surface area contributed by atoms with Crippen molar-refractivity contribution in [2.24, 2.45) is 4.99 Å². The number of aryl methyl sites for hydroxylation is 1. The second-order valence-electron chi connectivity index (χ2n) is 6.67. The van der Waals surface area contributed by atoms with Gasteiger partial charge in [0, 0.05) is 6.21 Å². The third kappa shape index (κ3) is 6.08. The van der Waals surface area contributed by atoms with Crippen LogP contribution in [0.2, 0.25) is 0 Å². The zero-order chi connectivity index (χ0) is 22.3. The van der Waals surface area contributed by atoms with Gasteiger partial charge in [-0.05, 0) is 80.9 Å². The highest BCUT2D eigenvalue weighted by Crippen LogP contribution is 2.31. The molecule has 0 bridgehead atoms. The summed E-state index contributed by atoms with van der Waals surface area (Å²) in [5.41, 5.74) is 2.48. The molecule has 0 radical (unpaired) electrons. The van der Waals surface area contributed by atoms with Crippen molar-refractivity contribution in [1.29, 1.82) is 0 Å². The lowest BCUT2D eigenvalue weighted by molar-refractivity contribution is 0.327. The van der Waals surface area contributed by atoms with E-state index in [0.29, 0.717) is 19.0 Å². The van der Waals surface area contributed by atoms with Crippen LogP contribution >= 0.6 is 0 Å². The van der Waals surface area contributed by atoms with Gasteiger partial charge in [0.1, 0.15) is 10.6 Å². The van der Waals surface area contributed by atoms with E-state index in [2.05, 4.69) is 4.99 Å². The van der Waals surface area contributed by atoms with Crippen LogP contribution in [0.15, 0.2) is 76.6 Å². The molecule has 0 saturated heterocycles. The molecule has 7 heteroatoms. The Morgan fingerprint density at radius 1 is 0.839 bits per heavy atom. The smallest absolute Gasteiger partial charge is 0.339 e. The predicted molar refractivity (Wildman–Crippen MR) is 121 cm³/mol. The fourth-order valence-electron chi connectivity index (χ4n) is 2.76. The molecule has 0 spiro atoms. The third-order valence-corrected chi connectivity index (χ3v) is 5.54. The second kappa shape index (κ2) is 10.1. The van der Waals surface area contributed by atoms with Crippen molar-refractivity contribution in [2.75, 3.05) is 13.2 Å². The molecule has 0 aliphatic rings.